The van der Waals surface area contributed by atoms with Crippen molar-refractivity contribution < 1.29 is 14.3 Å². The Labute approximate surface area is 176 Å². The Morgan fingerprint density at radius 2 is 2.14 bits per heavy atom. The molecule has 2 heterocycles. The lowest BCUT2D eigenvalue weighted by atomic mass is 10.2. The minimum Gasteiger partial charge on any atom is -0.493 e. The van der Waals surface area contributed by atoms with E-state index in [9.17, 15) is 4.79 Å². The molecule has 0 aliphatic rings. The van der Waals surface area contributed by atoms with Crippen molar-refractivity contribution in [3.05, 3.63) is 51.7 Å². The molecule has 2 aromatic heterocycles. The molecule has 3 aromatic rings. The number of rotatable bonds is 7. The summed E-state index contributed by atoms with van der Waals surface area (Å²) >= 11 is 9.30. The highest BCUT2D eigenvalue weighted by Gasteiger charge is 2.13. The van der Waals surface area contributed by atoms with Crippen LogP contribution in [-0.2, 0) is 4.79 Å². The van der Waals surface area contributed by atoms with Crippen LogP contribution in [-0.4, -0.2) is 24.1 Å². The summed E-state index contributed by atoms with van der Waals surface area (Å²) in [6, 6.07) is 7.46. The molecular formula is C20H19ClN2O3S2. The van der Waals surface area contributed by atoms with Crippen LogP contribution in [0.1, 0.15) is 19.4 Å². The molecule has 0 atom stereocenters. The summed E-state index contributed by atoms with van der Waals surface area (Å²) in [5, 5.41) is 7.66. The van der Waals surface area contributed by atoms with Gasteiger partial charge in [0, 0.05) is 11.5 Å². The number of carbonyl (C=O) groups is 1. The van der Waals surface area contributed by atoms with Gasteiger partial charge in [-0.1, -0.05) is 17.7 Å². The third-order valence-corrected chi connectivity index (χ3v) is 5.47. The summed E-state index contributed by atoms with van der Waals surface area (Å²) in [6.45, 7) is 3.83. The van der Waals surface area contributed by atoms with E-state index < -0.39 is 0 Å². The van der Waals surface area contributed by atoms with Crippen molar-refractivity contribution >= 4 is 51.4 Å². The van der Waals surface area contributed by atoms with Crippen LogP contribution in [0.3, 0.4) is 0 Å². The SMILES string of the molecule is COc1cc(/C=C/C(=O)Nc2nc(-c3cccs3)cs2)cc(Cl)c1OC(C)C. The maximum absolute atomic E-state index is 12.2. The zero-order valence-corrected chi connectivity index (χ0v) is 18.0. The minimum absolute atomic E-state index is 0.0315. The fraction of sp³-hybridized carbons (Fsp3) is 0.200. The van der Waals surface area contributed by atoms with Gasteiger partial charge in [-0.05, 0) is 49.1 Å². The van der Waals surface area contributed by atoms with Crippen LogP contribution in [0.5, 0.6) is 11.5 Å². The molecule has 3 rings (SSSR count). The van der Waals surface area contributed by atoms with Crippen molar-refractivity contribution in [2.45, 2.75) is 20.0 Å². The molecule has 0 unspecified atom stereocenters. The van der Waals surface area contributed by atoms with Crippen molar-refractivity contribution in [2.75, 3.05) is 12.4 Å². The third kappa shape index (κ3) is 5.13. The number of hydrogen-bond acceptors (Lipinski definition) is 6. The second-order valence-electron chi connectivity index (χ2n) is 6.04. The first-order valence-electron chi connectivity index (χ1n) is 8.49. The molecule has 146 valence electrons. The summed E-state index contributed by atoms with van der Waals surface area (Å²) in [5.41, 5.74) is 1.59. The van der Waals surface area contributed by atoms with Crippen molar-refractivity contribution in [3.8, 4) is 22.1 Å². The Hall–Kier alpha value is -2.35. The number of halogens is 1. The highest BCUT2D eigenvalue weighted by atomic mass is 35.5. The Kier molecular flexibility index (Phi) is 6.72. The molecule has 28 heavy (non-hydrogen) atoms. The molecule has 5 nitrogen and oxygen atoms in total. The molecule has 1 amide bonds. The van der Waals surface area contributed by atoms with Gasteiger partial charge in [0.1, 0.15) is 0 Å². The lowest BCUT2D eigenvalue weighted by Gasteiger charge is -2.15. The van der Waals surface area contributed by atoms with Gasteiger partial charge < -0.3 is 9.47 Å². The zero-order valence-electron chi connectivity index (χ0n) is 15.6. The molecule has 0 bridgehead atoms. The van der Waals surface area contributed by atoms with E-state index in [4.69, 9.17) is 21.1 Å². The smallest absolute Gasteiger partial charge is 0.250 e. The maximum Gasteiger partial charge on any atom is 0.250 e. The van der Waals surface area contributed by atoms with Crippen LogP contribution in [0.15, 0.2) is 41.1 Å². The first-order valence-corrected chi connectivity index (χ1v) is 10.6. The molecule has 8 heteroatoms. The number of carbonyl (C=O) groups excluding carboxylic acids is 1. The molecule has 1 N–H and O–H groups in total. The van der Waals surface area contributed by atoms with E-state index in [1.165, 1.54) is 17.4 Å². The van der Waals surface area contributed by atoms with Crippen molar-refractivity contribution in [1.29, 1.82) is 0 Å². The second-order valence-corrected chi connectivity index (χ2v) is 8.25. The van der Waals surface area contributed by atoms with Crippen molar-refractivity contribution in [2.24, 2.45) is 0 Å². The number of aromatic nitrogens is 1. The van der Waals surface area contributed by atoms with Crippen LogP contribution in [0.25, 0.3) is 16.6 Å². The molecular weight excluding hydrogens is 416 g/mol. The quantitative estimate of drug-likeness (QED) is 0.465. The lowest BCUT2D eigenvalue weighted by molar-refractivity contribution is -0.111. The standard InChI is InChI=1S/C20H19ClN2O3S2/c1-12(2)26-19-14(21)9-13(10-16(19)25-3)6-7-18(24)23-20-22-15(11-28-20)17-5-4-8-27-17/h4-12H,1-3H3,(H,22,23,24)/b7-6+. The molecule has 0 saturated carbocycles. The Morgan fingerprint density at radius 1 is 1.32 bits per heavy atom. The number of amides is 1. The average Bonchev–Trinajstić information content (AvgIpc) is 3.33. The molecule has 0 fully saturated rings. The fourth-order valence-corrected chi connectivity index (χ4v) is 4.11. The van der Waals surface area contributed by atoms with Crippen LogP contribution in [0, 0.1) is 0 Å². The average molecular weight is 435 g/mol. The number of benzene rings is 1. The van der Waals surface area contributed by atoms with Gasteiger partial charge in [-0.2, -0.15) is 0 Å². The number of thiophene rings is 1. The molecule has 1 aromatic carbocycles. The van der Waals surface area contributed by atoms with Crippen LogP contribution in [0.2, 0.25) is 5.02 Å². The Balaban J connectivity index is 1.69. The molecule has 0 aliphatic carbocycles. The largest absolute Gasteiger partial charge is 0.493 e. The Bertz CT molecular complexity index is 982. The van der Waals surface area contributed by atoms with Crippen LogP contribution >= 0.6 is 34.3 Å². The van der Waals surface area contributed by atoms with E-state index in [1.807, 2.05) is 36.7 Å². The van der Waals surface area contributed by atoms with E-state index in [0.29, 0.717) is 21.7 Å². The molecule has 0 radical (unpaired) electrons. The number of nitrogens with one attached hydrogen (secondary N) is 1. The molecule has 0 spiro atoms. The topological polar surface area (TPSA) is 60.5 Å². The van der Waals surface area contributed by atoms with Crippen LogP contribution < -0.4 is 14.8 Å². The van der Waals surface area contributed by atoms with Crippen molar-refractivity contribution in [3.63, 3.8) is 0 Å². The fourth-order valence-electron chi connectivity index (χ4n) is 2.37. The van der Waals surface area contributed by atoms with E-state index in [1.54, 1.807) is 36.7 Å². The summed E-state index contributed by atoms with van der Waals surface area (Å²) < 4.78 is 11.1. The van der Waals surface area contributed by atoms with Gasteiger partial charge in [-0.15, -0.1) is 22.7 Å². The van der Waals surface area contributed by atoms with Crippen molar-refractivity contribution in [1.82, 2.24) is 4.98 Å². The lowest BCUT2D eigenvalue weighted by Crippen LogP contribution is -2.08. The van der Waals surface area contributed by atoms with Gasteiger partial charge >= 0.3 is 0 Å². The first-order chi connectivity index (χ1) is 13.5. The van der Waals surface area contributed by atoms with Gasteiger partial charge in [0.2, 0.25) is 5.91 Å². The number of thiazole rings is 1. The number of hydrogen-bond donors (Lipinski definition) is 1. The minimum atomic E-state index is -0.273. The summed E-state index contributed by atoms with van der Waals surface area (Å²) in [7, 11) is 1.55. The predicted molar refractivity (Wildman–Crippen MR) is 117 cm³/mol. The monoisotopic (exact) mass is 434 g/mol. The highest BCUT2D eigenvalue weighted by Crippen LogP contribution is 2.37. The van der Waals surface area contributed by atoms with Gasteiger partial charge in [0.15, 0.2) is 16.6 Å². The van der Waals surface area contributed by atoms with E-state index in [0.717, 1.165) is 16.1 Å². The number of anilines is 1. The van der Waals surface area contributed by atoms with Gasteiger partial charge in [0.25, 0.3) is 0 Å². The second kappa shape index (κ2) is 9.23. The number of ether oxygens (including phenoxy) is 2. The molecule has 0 saturated heterocycles. The predicted octanol–water partition coefficient (Wildman–Crippen LogP) is 5.97. The van der Waals surface area contributed by atoms with E-state index in [-0.39, 0.29) is 12.0 Å². The highest BCUT2D eigenvalue weighted by molar-refractivity contribution is 7.16. The summed E-state index contributed by atoms with van der Waals surface area (Å²) in [6.07, 6.45) is 3.06. The van der Waals surface area contributed by atoms with E-state index in [2.05, 4.69) is 10.3 Å². The first kappa shape index (κ1) is 20.4. The van der Waals surface area contributed by atoms with Gasteiger partial charge in [-0.3, -0.25) is 10.1 Å². The normalized spacial score (nSPS) is 11.2. The Morgan fingerprint density at radius 3 is 2.82 bits per heavy atom. The van der Waals surface area contributed by atoms with Crippen LogP contribution in [0.4, 0.5) is 5.13 Å². The molecule has 0 aliphatic heterocycles. The summed E-state index contributed by atoms with van der Waals surface area (Å²) in [5.74, 6) is 0.733. The van der Waals surface area contributed by atoms with E-state index >= 15 is 0 Å². The van der Waals surface area contributed by atoms with Gasteiger partial charge in [-0.25, -0.2) is 4.98 Å². The number of nitrogens with zero attached hydrogens (tertiary/aromatic N) is 1. The summed E-state index contributed by atoms with van der Waals surface area (Å²) in [4.78, 5) is 17.7. The zero-order chi connectivity index (χ0) is 20.1. The third-order valence-electron chi connectivity index (χ3n) is 3.54. The maximum atomic E-state index is 12.2. The van der Waals surface area contributed by atoms with Gasteiger partial charge in [0.05, 0.1) is 28.8 Å². The number of methoxy groups -OCH3 is 1.